The van der Waals surface area contributed by atoms with Crippen molar-refractivity contribution < 1.29 is 9.66 Å². The summed E-state index contributed by atoms with van der Waals surface area (Å²) in [6, 6.07) is 4.31. The molecule has 0 saturated carbocycles. The van der Waals surface area contributed by atoms with Crippen molar-refractivity contribution in [2.75, 3.05) is 6.61 Å². The molecule has 1 rings (SSSR count). The summed E-state index contributed by atoms with van der Waals surface area (Å²) in [4.78, 5) is 10.1. The van der Waals surface area contributed by atoms with Gasteiger partial charge < -0.3 is 10.5 Å². The zero-order chi connectivity index (χ0) is 12.0. The summed E-state index contributed by atoms with van der Waals surface area (Å²) in [6.45, 7) is 0.482. The van der Waals surface area contributed by atoms with Crippen molar-refractivity contribution in [2.45, 2.75) is 6.54 Å². The van der Waals surface area contributed by atoms with Crippen LogP contribution in [0.4, 0.5) is 5.69 Å². The molecule has 0 aliphatic heterocycles. The number of benzene rings is 1. The molecule has 0 aliphatic carbocycles. The first kappa shape index (κ1) is 12.5. The lowest BCUT2D eigenvalue weighted by Crippen LogP contribution is -2.03. The van der Waals surface area contributed by atoms with Gasteiger partial charge in [-0.2, -0.15) is 0 Å². The number of ether oxygens (including phenoxy) is 1. The number of nitro groups is 1. The van der Waals surface area contributed by atoms with E-state index in [4.69, 9.17) is 22.1 Å². The van der Waals surface area contributed by atoms with Gasteiger partial charge in [-0.25, -0.2) is 0 Å². The normalized spacial score (nSPS) is 10.6. The van der Waals surface area contributed by atoms with E-state index in [-0.39, 0.29) is 12.2 Å². The van der Waals surface area contributed by atoms with Crippen LogP contribution >= 0.6 is 11.6 Å². The van der Waals surface area contributed by atoms with Gasteiger partial charge in [0, 0.05) is 29.8 Å². The summed E-state index contributed by atoms with van der Waals surface area (Å²) < 4.78 is 5.33. The van der Waals surface area contributed by atoms with Crippen molar-refractivity contribution in [3.63, 3.8) is 0 Å². The lowest BCUT2D eigenvalue weighted by atomic mass is 10.2. The van der Waals surface area contributed by atoms with Crippen LogP contribution in [0.15, 0.2) is 29.8 Å². The van der Waals surface area contributed by atoms with Crippen LogP contribution in [0, 0.1) is 10.1 Å². The van der Waals surface area contributed by atoms with Crippen LogP contribution in [0.5, 0.6) is 5.75 Å². The third kappa shape index (κ3) is 3.22. The maximum Gasteiger partial charge on any atom is 0.270 e. The molecule has 0 fully saturated rings. The van der Waals surface area contributed by atoms with E-state index in [1.807, 2.05) is 0 Å². The van der Waals surface area contributed by atoms with Crippen molar-refractivity contribution in [1.29, 1.82) is 0 Å². The molecule has 0 saturated heterocycles. The molecular weight excluding hydrogens is 232 g/mol. The van der Waals surface area contributed by atoms with Gasteiger partial charge in [-0.05, 0) is 12.1 Å². The van der Waals surface area contributed by atoms with Gasteiger partial charge in [0.25, 0.3) is 5.69 Å². The average Bonchev–Trinajstić information content (AvgIpc) is 2.29. The lowest BCUT2D eigenvalue weighted by molar-refractivity contribution is -0.384. The summed E-state index contributed by atoms with van der Waals surface area (Å²) in [5.74, 6) is 0.530. The fraction of sp³-hybridized carbons (Fsp3) is 0.200. The minimum absolute atomic E-state index is 0.000635. The monoisotopic (exact) mass is 242 g/mol. The molecule has 86 valence electrons. The Bertz CT molecular complexity index is 407. The number of nitro benzene ring substituents is 1. The first-order valence-electron chi connectivity index (χ1n) is 4.54. The standard InChI is InChI=1S/C10H11ClN2O3/c11-4-1-5-16-10-3-2-9(13(14)15)6-8(10)7-12/h1-4,6H,5,7,12H2/b4-1+. The van der Waals surface area contributed by atoms with Gasteiger partial charge >= 0.3 is 0 Å². The number of nitrogens with two attached hydrogens (primary N) is 1. The molecule has 0 heterocycles. The number of nitrogens with zero attached hydrogens (tertiary/aromatic N) is 1. The number of hydrogen-bond acceptors (Lipinski definition) is 4. The van der Waals surface area contributed by atoms with Crippen LogP contribution in [-0.2, 0) is 6.54 Å². The van der Waals surface area contributed by atoms with Crippen molar-refractivity contribution in [1.82, 2.24) is 0 Å². The zero-order valence-corrected chi connectivity index (χ0v) is 9.18. The molecule has 5 nitrogen and oxygen atoms in total. The molecular formula is C10H11ClN2O3. The quantitative estimate of drug-likeness (QED) is 0.634. The van der Waals surface area contributed by atoms with Gasteiger partial charge in [-0.1, -0.05) is 11.6 Å². The SMILES string of the molecule is NCc1cc([N+](=O)[O-])ccc1OC/C=C/Cl. The molecule has 0 aromatic heterocycles. The Morgan fingerprint density at radius 2 is 2.31 bits per heavy atom. The molecule has 1 aromatic rings. The smallest absolute Gasteiger partial charge is 0.270 e. The largest absolute Gasteiger partial charge is 0.489 e. The number of rotatable bonds is 5. The van der Waals surface area contributed by atoms with Crippen LogP contribution < -0.4 is 10.5 Å². The molecule has 0 amide bonds. The maximum atomic E-state index is 10.5. The van der Waals surface area contributed by atoms with E-state index in [2.05, 4.69) is 0 Å². The molecule has 0 spiro atoms. The Kier molecular flexibility index (Phi) is 4.75. The van der Waals surface area contributed by atoms with E-state index in [9.17, 15) is 10.1 Å². The summed E-state index contributed by atoms with van der Waals surface area (Å²) in [7, 11) is 0. The Hall–Kier alpha value is -1.59. The van der Waals surface area contributed by atoms with E-state index in [1.165, 1.54) is 23.7 Å². The lowest BCUT2D eigenvalue weighted by Gasteiger charge is -2.07. The van der Waals surface area contributed by atoms with E-state index < -0.39 is 4.92 Å². The first-order chi connectivity index (χ1) is 7.69. The Morgan fingerprint density at radius 3 is 2.88 bits per heavy atom. The second-order valence-electron chi connectivity index (χ2n) is 2.93. The Labute approximate surface area is 97.6 Å². The maximum absolute atomic E-state index is 10.5. The van der Waals surface area contributed by atoms with Crippen LogP contribution in [-0.4, -0.2) is 11.5 Å². The molecule has 0 aliphatic rings. The van der Waals surface area contributed by atoms with Crippen LogP contribution in [0.1, 0.15) is 5.56 Å². The van der Waals surface area contributed by atoms with Gasteiger partial charge in [0.2, 0.25) is 0 Å². The third-order valence-electron chi connectivity index (χ3n) is 1.90. The molecule has 0 unspecified atom stereocenters. The predicted octanol–water partition coefficient (Wildman–Crippen LogP) is 2.18. The highest BCUT2D eigenvalue weighted by Gasteiger charge is 2.10. The van der Waals surface area contributed by atoms with E-state index >= 15 is 0 Å². The Morgan fingerprint density at radius 1 is 1.56 bits per heavy atom. The molecule has 0 atom stereocenters. The van der Waals surface area contributed by atoms with Crippen molar-refractivity contribution in [2.24, 2.45) is 5.73 Å². The highest BCUT2D eigenvalue weighted by molar-refractivity contribution is 6.25. The van der Waals surface area contributed by atoms with Gasteiger partial charge in [0.15, 0.2) is 0 Å². The molecule has 1 aromatic carbocycles. The van der Waals surface area contributed by atoms with Gasteiger partial charge in [-0.3, -0.25) is 10.1 Å². The number of halogens is 1. The van der Waals surface area contributed by atoms with Crippen molar-refractivity contribution in [3.05, 3.63) is 45.5 Å². The highest BCUT2D eigenvalue weighted by Crippen LogP contribution is 2.23. The van der Waals surface area contributed by atoms with Gasteiger partial charge in [-0.15, -0.1) is 0 Å². The first-order valence-corrected chi connectivity index (χ1v) is 4.98. The highest BCUT2D eigenvalue weighted by atomic mass is 35.5. The topological polar surface area (TPSA) is 78.4 Å². The van der Waals surface area contributed by atoms with Crippen molar-refractivity contribution >= 4 is 17.3 Å². The second kappa shape index (κ2) is 6.09. The molecule has 0 radical (unpaired) electrons. The van der Waals surface area contributed by atoms with E-state index in [0.717, 1.165) is 0 Å². The Balaban J connectivity index is 2.88. The third-order valence-corrected chi connectivity index (χ3v) is 2.08. The zero-order valence-electron chi connectivity index (χ0n) is 8.43. The summed E-state index contributed by atoms with van der Waals surface area (Å²) in [5.41, 5.74) is 7.41. The van der Waals surface area contributed by atoms with E-state index in [0.29, 0.717) is 17.9 Å². The van der Waals surface area contributed by atoms with Gasteiger partial charge in [0.05, 0.1) is 4.92 Å². The van der Waals surface area contributed by atoms with Crippen LogP contribution in [0.2, 0.25) is 0 Å². The van der Waals surface area contributed by atoms with Crippen LogP contribution in [0.25, 0.3) is 0 Å². The summed E-state index contributed by atoms with van der Waals surface area (Å²) in [5, 5.41) is 10.5. The number of non-ortho nitro benzene ring substituents is 1. The predicted molar refractivity (Wildman–Crippen MR) is 61.5 cm³/mol. The minimum Gasteiger partial charge on any atom is -0.489 e. The van der Waals surface area contributed by atoms with Crippen molar-refractivity contribution in [3.8, 4) is 5.75 Å². The fourth-order valence-electron chi connectivity index (χ4n) is 1.15. The molecule has 6 heteroatoms. The minimum atomic E-state index is -0.471. The molecule has 2 N–H and O–H groups in total. The van der Waals surface area contributed by atoms with Gasteiger partial charge in [0.1, 0.15) is 12.4 Å². The van der Waals surface area contributed by atoms with E-state index in [1.54, 1.807) is 6.08 Å². The average molecular weight is 243 g/mol. The fourth-order valence-corrected chi connectivity index (χ4v) is 1.23. The molecule has 16 heavy (non-hydrogen) atoms. The summed E-state index contributed by atoms with van der Waals surface area (Å²) in [6.07, 6.45) is 1.61. The second-order valence-corrected chi connectivity index (χ2v) is 3.18. The summed E-state index contributed by atoms with van der Waals surface area (Å²) >= 11 is 5.33. The number of hydrogen-bond donors (Lipinski definition) is 1. The van der Waals surface area contributed by atoms with Crippen LogP contribution in [0.3, 0.4) is 0 Å². The molecule has 0 bridgehead atoms.